The highest BCUT2D eigenvalue weighted by molar-refractivity contribution is 5.82. The van der Waals surface area contributed by atoms with Crippen molar-refractivity contribution in [2.75, 3.05) is 13.2 Å². The van der Waals surface area contributed by atoms with Crippen LogP contribution in [0.3, 0.4) is 0 Å². The van der Waals surface area contributed by atoms with Gasteiger partial charge in [-0.25, -0.2) is 0 Å². The van der Waals surface area contributed by atoms with E-state index in [0.717, 1.165) is 49.5 Å². The molecule has 0 aromatic rings. The zero-order chi connectivity index (χ0) is 22.8. The summed E-state index contributed by atoms with van der Waals surface area (Å²) < 4.78 is 13.3. The largest absolute Gasteiger partial charge is 0.389 e. The lowest BCUT2D eigenvalue weighted by Gasteiger charge is -2.63. The fourth-order valence-corrected chi connectivity index (χ4v) is 11.4. The minimum absolute atomic E-state index is 0.165. The van der Waals surface area contributed by atoms with Crippen LogP contribution in [0.2, 0.25) is 0 Å². The quantitative estimate of drug-likeness (QED) is 0.636. The molecule has 5 nitrogen and oxygen atoms in total. The smallest absolute Gasteiger partial charge is 0.175 e. The molecule has 5 aliphatic carbocycles. The van der Waals surface area contributed by atoms with Gasteiger partial charge in [0, 0.05) is 18.3 Å². The number of hydrogen-bond donors (Lipinski definition) is 1. The average Bonchev–Trinajstić information content (AvgIpc) is 3.19. The second kappa shape index (κ2) is 6.76. The summed E-state index contributed by atoms with van der Waals surface area (Å²) in [6.45, 7) is 11.0. The second-order valence-electron chi connectivity index (χ2n) is 13.6. The Hall–Kier alpha value is -0.650. The molecular weight excluding hydrogens is 414 g/mol. The minimum Gasteiger partial charge on any atom is -0.389 e. The van der Waals surface area contributed by atoms with E-state index in [0.29, 0.717) is 22.7 Å². The Kier molecular flexibility index (Phi) is 4.43. The van der Waals surface area contributed by atoms with Gasteiger partial charge in [-0.1, -0.05) is 25.9 Å². The van der Waals surface area contributed by atoms with E-state index in [-0.39, 0.29) is 23.2 Å². The number of nitrogens with zero attached hydrogens (tertiary/aromatic N) is 1. The number of aliphatic hydroxyl groups excluding tert-OH is 1. The van der Waals surface area contributed by atoms with Crippen LogP contribution in [0.4, 0.5) is 0 Å². The maximum absolute atomic E-state index is 11.3. The Labute approximate surface area is 199 Å². The fraction of sp³-hybridized carbons (Fsp3) is 0.964. The maximum atomic E-state index is 11.3. The zero-order valence-electron chi connectivity index (χ0n) is 21.0. The summed E-state index contributed by atoms with van der Waals surface area (Å²) in [6.07, 6.45) is 10.5. The molecule has 6 fully saturated rings. The van der Waals surface area contributed by atoms with Crippen molar-refractivity contribution in [2.24, 2.45) is 56.9 Å². The average molecular weight is 458 g/mol. The van der Waals surface area contributed by atoms with Crippen molar-refractivity contribution in [1.29, 1.82) is 0 Å². The van der Waals surface area contributed by atoms with Gasteiger partial charge in [-0.3, -0.25) is 0 Å². The molecule has 2 heterocycles. The van der Waals surface area contributed by atoms with Crippen LogP contribution in [0.5, 0.6) is 0 Å². The molecule has 7 aliphatic rings. The molecule has 1 N–H and O–H groups in total. The van der Waals surface area contributed by atoms with E-state index >= 15 is 0 Å². The van der Waals surface area contributed by atoms with Crippen molar-refractivity contribution in [3.63, 3.8) is 0 Å². The molecule has 2 spiro atoms. The first-order valence-corrected chi connectivity index (χ1v) is 13.9. The van der Waals surface area contributed by atoms with Crippen LogP contribution in [0.15, 0.2) is 5.16 Å². The van der Waals surface area contributed by atoms with E-state index < -0.39 is 6.10 Å². The van der Waals surface area contributed by atoms with Gasteiger partial charge in [0.25, 0.3) is 0 Å². The van der Waals surface area contributed by atoms with Crippen LogP contribution in [0.25, 0.3) is 0 Å². The molecule has 0 amide bonds. The van der Waals surface area contributed by atoms with E-state index in [1.165, 1.54) is 44.9 Å². The number of hydrogen-bond acceptors (Lipinski definition) is 5. The number of aliphatic hydroxyl groups is 1. The van der Waals surface area contributed by atoms with E-state index in [1.54, 1.807) is 0 Å². The van der Waals surface area contributed by atoms with Crippen LogP contribution in [-0.4, -0.2) is 42.0 Å². The molecular formula is C28H43NO4. The summed E-state index contributed by atoms with van der Waals surface area (Å²) in [5.41, 5.74) is 1.97. The van der Waals surface area contributed by atoms with Crippen molar-refractivity contribution in [3.8, 4) is 0 Å². The van der Waals surface area contributed by atoms with Gasteiger partial charge in [0.05, 0.1) is 25.0 Å². The summed E-state index contributed by atoms with van der Waals surface area (Å²) in [6, 6.07) is 0. The summed E-state index contributed by atoms with van der Waals surface area (Å²) in [5, 5.41) is 15.4. The zero-order valence-corrected chi connectivity index (χ0v) is 21.0. The third kappa shape index (κ3) is 2.48. The predicted molar refractivity (Wildman–Crippen MR) is 125 cm³/mol. The Balaban J connectivity index is 1.18. The molecule has 5 saturated carbocycles. The van der Waals surface area contributed by atoms with Gasteiger partial charge in [-0.15, -0.1) is 0 Å². The Morgan fingerprint density at radius 2 is 1.79 bits per heavy atom. The molecule has 0 aromatic carbocycles. The molecule has 1 saturated heterocycles. The van der Waals surface area contributed by atoms with Gasteiger partial charge in [0.2, 0.25) is 0 Å². The minimum atomic E-state index is -0.438. The molecule has 0 bridgehead atoms. The van der Waals surface area contributed by atoms with Crippen molar-refractivity contribution in [3.05, 3.63) is 0 Å². The Morgan fingerprint density at radius 1 is 1.00 bits per heavy atom. The van der Waals surface area contributed by atoms with Gasteiger partial charge in [-0.05, 0) is 98.2 Å². The topological polar surface area (TPSA) is 60.3 Å². The SMILES string of the molecule is CC1=NO[C@@H]([C@H](O)[C@@H](C)[C@H]2CC[C@H]3[C@@H]4CC5(OCCO5)[C@]56C[C@H]5CC[C@]6(C)[C@H]4CC[C@]23C)C1. The van der Waals surface area contributed by atoms with Crippen molar-refractivity contribution in [1.82, 2.24) is 0 Å². The van der Waals surface area contributed by atoms with E-state index in [9.17, 15) is 5.11 Å². The summed E-state index contributed by atoms with van der Waals surface area (Å²) in [4.78, 5) is 5.61. The highest BCUT2D eigenvalue weighted by Gasteiger charge is 2.83. The highest BCUT2D eigenvalue weighted by Crippen LogP contribution is 2.85. The molecule has 0 aromatic heterocycles. The van der Waals surface area contributed by atoms with Crippen LogP contribution in [0, 0.1) is 51.8 Å². The third-order valence-corrected chi connectivity index (χ3v) is 12.8. The first kappa shape index (κ1) is 21.6. The number of rotatable bonds is 3. The van der Waals surface area contributed by atoms with E-state index in [2.05, 4.69) is 25.9 Å². The molecule has 184 valence electrons. The van der Waals surface area contributed by atoms with Gasteiger partial charge < -0.3 is 19.4 Å². The molecule has 2 aliphatic heterocycles. The lowest BCUT2D eigenvalue weighted by Crippen LogP contribution is -2.62. The number of fused-ring (bicyclic) bond motifs is 4. The lowest BCUT2D eigenvalue weighted by molar-refractivity contribution is -0.294. The molecule has 5 heteroatoms. The molecule has 11 atom stereocenters. The molecule has 33 heavy (non-hydrogen) atoms. The summed E-state index contributed by atoms with van der Waals surface area (Å²) in [7, 11) is 0. The van der Waals surface area contributed by atoms with Crippen molar-refractivity contribution < 1.29 is 19.4 Å². The van der Waals surface area contributed by atoms with Crippen LogP contribution in [0.1, 0.15) is 85.5 Å². The Morgan fingerprint density at radius 3 is 2.48 bits per heavy atom. The fourth-order valence-electron chi connectivity index (χ4n) is 11.4. The first-order chi connectivity index (χ1) is 15.8. The number of ether oxygens (including phenoxy) is 2. The molecule has 0 radical (unpaired) electrons. The lowest BCUT2D eigenvalue weighted by atomic mass is 9.44. The van der Waals surface area contributed by atoms with Gasteiger partial charge >= 0.3 is 0 Å². The number of oxime groups is 1. The van der Waals surface area contributed by atoms with Gasteiger partial charge in [0.1, 0.15) is 0 Å². The second-order valence-corrected chi connectivity index (χ2v) is 13.6. The van der Waals surface area contributed by atoms with Crippen molar-refractivity contribution in [2.45, 2.75) is 103 Å². The predicted octanol–water partition coefficient (Wildman–Crippen LogP) is 5.16. The van der Waals surface area contributed by atoms with E-state index in [1.807, 2.05) is 6.92 Å². The third-order valence-electron chi connectivity index (χ3n) is 12.8. The standard InChI is InChI=1S/C28H43NO4/c1-16-13-23(33-29-16)24(30)17(2)20-5-6-21-19-15-28(31-11-12-32-28)27-14-18(27)7-10-26(27,4)22(19)8-9-25(20,21)3/h17-24,30H,5-15H2,1-4H3/t17-,18+,19-,20+,21-,22-,23+,24+,25+,26+,27+/m0/s1. The summed E-state index contributed by atoms with van der Waals surface area (Å²) in [5.74, 6) is 3.53. The van der Waals surface area contributed by atoms with Crippen molar-refractivity contribution >= 4 is 5.71 Å². The van der Waals surface area contributed by atoms with E-state index in [4.69, 9.17) is 14.3 Å². The highest BCUT2D eigenvalue weighted by atomic mass is 16.7. The van der Waals surface area contributed by atoms with Crippen LogP contribution in [-0.2, 0) is 14.3 Å². The Bertz CT molecular complexity index is 868. The van der Waals surface area contributed by atoms with Crippen LogP contribution >= 0.6 is 0 Å². The monoisotopic (exact) mass is 457 g/mol. The van der Waals surface area contributed by atoms with Crippen LogP contribution < -0.4 is 0 Å². The maximum Gasteiger partial charge on any atom is 0.175 e. The summed E-state index contributed by atoms with van der Waals surface area (Å²) >= 11 is 0. The van der Waals surface area contributed by atoms with Gasteiger partial charge in [-0.2, -0.15) is 0 Å². The first-order valence-electron chi connectivity index (χ1n) is 13.9. The normalized spacial score (nSPS) is 55.2. The molecule has 0 unspecified atom stereocenters. The van der Waals surface area contributed by atoms with Gasteiger partial charge in [0.15, 0.2) is 11.9 Å². The molecule has 7 rings (SSSR count).